The zero-order valence-corrected chi connectivity index (χ0v) is 15.3. The van der Waals surface area contributed by atoms with E-state index < -0.39 is 0 Å². The van der Waals surface area contributed by atoms with E-state index in [0.29, 0.717) is 31.1 Å². The van der Waals surface area contributed by atoms with Gasteiger partial charge in [0.1, 0.15) is 5.76 Å². The molecule has 7 nitrogen and oxygen atoms in total. The molecule has 7 heteroatoms. The van der Waals surface area contributed by atoms with E-state index in [1.165, 1.54) is 0 Å². The monoisotopic (exact) mass is 360 g/mol. The first-order valence-electron chi connectivity index (χ1n) is 8.59. The number of aromatic nitrogens is 1. The van der Waals surface area contributed by atoms with Crippen LogP contribution in [0.5, 0.6) is 11.5 Å². The molecule has 1 saturated heterocycles. The predicted octanol–water partition coefficient (Wildman–Crippen LogP) is 1.92. The van der Waals surface area contributed by atoms with Gasteiger partial charge in [-0.15, -0.1) is 0 Å². The van der Waals surface area contributed by atoms with Crippen molar-refractivity contribution < 1.29 is 23.5 Å². The molecule has 1 fully saturated rings. The third-order valence-corrected chi connectivity index (χ3v) is 4.50. The highest BCUT2D eigenvalue weighted by molar-refractivity contribution is 5.79. The Bertz CT molecular complexity index is 758. The number of hydrogen-bond acceptors (Lipinski definition) is 6. The molecular formula is C19H24N2O5. The molecule has 0 saturated carbocycles. The molecule has 1 amide bonds. The Morgan fingerprint density at radius 3 is 2.73 bits per heavy atom. The van der Waals surface area contributed by atoms with Crippen molar-refractivity contribution in [2.75, 3.05) is 27.4 Å². The number of nitrogens with zero attached hydrogens (tertiary/aromatic N) is 1. The highest BCUT2D eigenvalue weighted by Gasteiger charge is 2.30. The van der Waals surface area contributed by atoms with Gasteiger partial charge in [0.05, 0.1) is 45.6 Å². The third kappa shape index (κ3) is 4.35. The summed E-state index contributed by atoms with van der Waals surface area (Å²) in [6.45, 7) is 3.00. The minimum atomic E-state index is -0.0496. The van der Waals surface area contributed by atoms with Gasteiger partial charge in [0, 0.05) is 18.4 Å². The molecule has 0 radical (unpaired) electrons. The molecule has 0 unspecified atom stereocenters. The standard InChI is InChI=1S/C19H24N2O5/c1-12-6-15(26-21-12)9-14-10-25-11-16(14)20-19(22)8-13-4-5-17(23-2)18(7-13)24-3/h4-7,14,16H,8-11H2,1-3H3,(H,20,22)/t14-,16+/m1/s1. The van der Waals surface area contributed by atoms with Crippen LogP contribution in [0.4, 0.5) is 0 Å². The largest absolute Gasteiger partial charge is 0.493 e. The van der Waals surface area contributed by atoms with Crippen LogP contribution in [0.15, 0.2) is 28.8 Å². The highest BCUT2D eigenvalue weighted by Crippen LogP contribution is 2.27. The average molecular weight is 360 g/mol. The molecule has 2 atom stereocenters. The van der Waals surface area contributed by atoms with Gasteiger partial charge in [-0.2, -0.15) is 0 Å². The lowest BCUT2D eigenvalue weighted by Gasteiger charge is -2.18. The number of hydrogen-bond donors (Lipinski definition) is 1. The zero-order valence-electron chi connectivity index (χ0n) is 15.3. The van der Waals surface area contributed by atoms with E-state index in [9.17, 15) is 4.79 Å². The van der Waals surface area contributed by atoms with E-state index in [0.717, 1.165) is 17.0 Å². The van der Waals surface area contributed by atoms with Gasteiger partial charge in [-0.3, -0.25) is 4.79 Å². The Morgan fingerprint density at radius 2 is 2.04 bits per heavy atom. The maximum Gasteiger partial charge on any atom is 0.224 e. The Morgan fingerprint density at radius 1 is 1.23 bits per heavy atom. The van der Waals surface area contributed by atoms with E-state index in [2.05, 4.69) is 10.5 Å². The summed E-state index contributed by atoms with van der Waals surface area (Å²) < 4.78 is 21.3. The highest BCUT2D eigenvalue weighted by atomic mass is 16.5. The fourth-order valence-electron chi connectivity index (χ4n) is 3.16. The van der Waals surface area contributed by atoms with Gasteiger partial charge in [-0.05, 0) is 24.6 Å². The number of benzene rings is 1. The van der Waals surface area contributed by atoms with Crippen molar-refractivity contribution in [2.24, 2.45) is 5.92 Å². The minimum absolute atomic E-state index is 0.0342. The molecule has 26 heavy (non-hydrogen) atoms. The number of carbonyl (C=O) groups excluding carboxylic acids is 1. The Balaban J connectivity index is 1.58. The number of ether oxygens (including phenoxy) is 3. The molecule has 1 N–H and O–H groups in total. The quantitative estimate of drug-likeness (QED) is 0.812. The van der Waals surface area contributed by atoms with Crippen molar-refractivity contribution in [1.82, 2.24) is 10.5 Å². The fourth-order valence-corrected chi connectivity index (χ4v) is 3.16. The van der Waals surface area contributed by atoms with Crippen LogP contribution in [0, 0.1) is 12.8 Å². The number of aryl methyl sites for hydroxylation is 1. The topological polar surface area (TPSA) is 82.8 Å². The summed E-state index contributed by atoms with van der Waals surface area (Å²) in [7, 11) is 3.16. The lowest BCUT2D eigenvalue weighted by atomic mass is 9.98. The summed E-state index contributed by atoms with van der Waals surface area (Å²) >= 11 is 0. The second-order valence-corrected chi connectivity index (χ2v) is 6.48. The molecule has 1 aromatic heterocycles. The van der Waals surface area contributed by atoms with Gasteiger partial charge in [-0.1, -0.05) is 11.2 Å². The molecule has 1 aromatic carbocycles. The molecule has 0 aliphatic carbocycles. The van der Waals surface area contributed by atoms with Crippen LogP contribution in [-0.4, -0.2) is 44.5 Å². The second kappa shape index (κ2) is 8.23. The normalized spacial score (nSPS) is 19.3. The maximum atomic E-state index is 12.5. The van der Waals surface area contributed by atoms with E-state index in [1.807, 2.05) is 25.1 Å². The van der Waals surface area contributed by atoms with Gasteiger partial charge >= 0.3 is 0 Å². The van der Waals surface area contributed by atoms with E-state index in [1.54, 1.807) is 20.3 Å². The van der Waals surface area contributed by atoms with Crippen LogP contribution >= 0.6 is 0 Å². The van der Waals surface area contributed by atoms with E-state index in [-0.39, 0.29) is 24.3 Å². The van der Waals surface area contributed by atoms with Crippen LogP contribution < -0.4 is 14.8 Å². The van der Waals surface area contributed by atoms with E-state index in [4.69, 9.17) is 18.7 Å². The molecule has 0 bridgehead atoms. The third-order valence-electron chi connectivity index (χ3n) is 4.50. The number of carbonyl (C=O) groups is 1. The minimum Gasteiger partial charge on any atom is -0.493 e. The van der Waals surface area contributed by atoms with Crippen molar-refractivity contribution in [3.05, 3.63) is 41.3 Å². The van der Waals surface area contributed by atoms with Crippen LogP contribution in [0.3, 0.4) is 0 Å². The molecule has 0 spiro atoms. The zero-order chi connectivity index (χ0) is 18.5. The molecule has 1 aliphatic rings. The van der Waals surface area contributed by atoms with Gasteiger partial charge in [-0.25, -0.2) is 0 Å². The van der Waals surface area contributed by atoms with Crippen molar-refractivity contribution >= 4 is 5.91 Å². The fraction of sp³-hybridized carbons (Fsp3) is 0.474. The number of nitrogens with one attached hydrogen (secondary N) is 1. The maximum absolute atomic E-state index is 12.5. The number of rotatable bonds is 7. The van der Waals surface area contributed by atoms with Gasteiger partial charge in [0.2, 0.25) is 5.91 Å². The summed E-state index contributed by atoms with van der Waals surface area (Å²) in [5, 5.41) is 6.98. The molecule has 3 rings (SSSR count). The summed E-state index contributed by atoms with van der Waals surface area (Å²) in [4.78, 5) is 12.5. The number of methoxy groups -OCH3 is 2. The van der Waals surface area contributed by atoms with Crippen molar-refractivity contribution in [1.29, 1.82) is 0 Å². The lowest BCUT2D eigenvalue weighted by Crippen LogP contribution is -2.41. The lowest BCUT2D eigenvalue weighted by molar-refractivity contribution is -0.121. The van der Waals surface area contributed by atoms with Crippen LogP contribution in [0.25, 0.3) is 0 Å². The first-order chi connectivity index (χ1) is 12.6. The molecule has 2 aromatic rings. The summed E-state index contributed by atoms with van der Waals surface area (Å²) in [5.74, 6) is 2.20. The smallest absolute Gasteiger partial charge is 0.224 e. The van der Waals surface area contributed by atoms with Gasteiger partial charge in [0.15, 0.2) is 11.5 Å². The first-order valence-corrected chi connectivity index (χ1v) is 8.59. The van der Waals surface area contributed by atoms with E-state index >= 15 is 0 Å². The second-order valence-electron chi connectivity index (χ2n) is 6.48. The van der Waals surface area contributed by atoms with Gasteiger partial charge in [0.25, 0.3) is 0 Å². The van der Waals surface area contributed by atoms with Crippen LogP contribution in [-0.2, 0) is 22.4 Å². The molecular weight excluding hydrogens is 336 g/mol. The Labute approximate surface area is 152 Å². The molecule has 2 heterocycles. The van der Waals surface area contributed by atoms with Crippen molar-refractivity contribution in [3.63, 3.8) is 0 Å². The first kappa shape index (κ1) is 18.3. The van der Waals surface area contributed by atoms with Crippen LogP contribution in [0.1, 0.15) is 17.0 Å². The molecule has 1 aliphatic heterocycles. The summed E-state index contributed by atoms with van der Waals surface area (Å²) in [6.07, 6.45) is 0.965. The Kier molecular flexibility index (Phi) is 5.78. The van der Waals surface area contributed by atoms with Crippen molar-refractivity contribution in [2.45, 2.75) is 25.8 Å². The SMILES string of the molecule is COc1ccc(CC(=O)N[C@H]2COC[C@H]2Cc2cc(C)no2)cc1OC. The number of amides is 1. The molecule has 140 valence electrons. The van der Waals surface area contributed by atoms with Crippen LogP contribution in [0.2, 0.25) is 0 Å². The average Bonchev–Trinajstić information content (AvgIpc) is 3.24. The van der Waals surface area contributed by atoms with Gasteiger partial charge < -0.3 is 24.1 Å². The summed E-state index contributed by atoms with van der Waals surface area (Å²) in [5.41, 5.74) is 1.72. The predicted molar refractivity (Wildman–Crippen MR) is 94.4 cm³/mol. The summed E-state index contributed by atoms with van der Waals surface area (Å²) in [6, 6.07) is 7.36. The van der Waals surface area contributed by atoms with Crippen molar-refractivity contribution in [3.8, 4) is 11.5 Å². The Hall–Kier alpha value is -2.54.